The van der Waals surface area contributed by atoms with Crippen LogP contribution in [0.25, 0.3) is 0 Å². The van der Waals surface area contributed by atoms with Crippen LogP contribution in [0.15, 0.2) is 58.5 Å². The van der Waals surface area contributed by atoms with Gasteiger partial charge in [-0.3, -0.25) is 14.5 Å². The van der Waals surface area contributed by atoms with E-state index in [1.54, 1.807) is 0 Å². The highest BCUT2D eigenvalue weighted by atomic mass is 32.2. The summed E-state index contributed by atoms with van der Waals surface area (Å²) in [6.07, 6.45) is 1.57. The van der Waals surface area contributed by atoms with Crippen LogP contribution in [-0.2, 0) is 16.1 Å². The summed E-state index contributed by atoms with van der Waals surface area (Å²) in [5.41, 5.74) is 3.89. The van der Waals surface area contributed by atoms with Crippen molar-refractivity contribution in [3.8, 4) is 0 Å². The van der Waals surface area contributed by atoms with Crippen molar-refractivity contribution in [2.75, 3.05) is 5.75 Å². The summed E-state index contributed by atoms with van der Waals surface area (Å²) in [4.78, 5) is 35.9. The van der Waals surface area contributed by atoms with Gasteiger partial charge in [0.2, 0.25) is 5.91 Å². The lowest BCUT2D eigenvalue weighted by atomic mass is 10.1. The normalized spacial score (nSPS) is 17.2. The number of thioether (sulfide) groups is 1. The highest BCUT2D eigenvalue weighted by Crippen LogP contribution is 2.35. The topological polar surface area (TPSA) is 74.1 Å². The summed E-state index contributed by atoms with van der Waals surface area (Å²) in [5, 5.41) is 3.61. The largest absolute Gasteiger partial charge is 0.351 e. The van der Waals surface area contributed by atoms with Crippen molar-refractivity contribution >= 4 is 40.3 Å². The molecular weight excluding hydrogens is 396 g/mol. The Labute approximate surface area is 180 Å². The highest BCUT2D eigenvalue weighted by Gasteiger charge is 2.41. The van der Waals surface area contributed by atoms with E-state index in [1.807, 2.05) is 67.3 Å². The van der Waals surface area contributed by atoms with Crippen LogP contribution in [-0.4, -0.2) is 39.5 Å². The first kappa shape index (κ1) is 20.3. The van der Waals surface area contributed by atoms with Crippen LogP contribution in [0.5, 0.6) is 0 Å². The Morgan fingerprint density at radius 3 is 2.67 bits per heavy atom. The molecule has 2 aliphatic rings. The Morgan fingerprint density at radius 2 is 1.90 bits per heavy atom. The summed E-state index contributed by atoms with van der Waals surface area (Å²) < 4.78 is 0. The molecule has 0 bridgehead atoms. The number of fused-ring (bicyclic) bond motifs is 3. The minimum atomic E-state index is -0.347. The molecule has 0 aromatic heterocycles. The summed E-state index contributed by atoms with van der Waals surface area (Å²) in [5.74, 6) is 0.661. The van der Waals surface area contributed by atoms with Crippen LogP contribution >= 0.6 is 11.8 Å². The SMILES string of the molecule is CCCC1C(=O)N=C2c3ccccc3N=C(SCC(=O)NCc3ccc(C)cc3)N21. The van der Waals surface area contributed by atoms with E-state index in [1.165, 1.54) is 17.3 Å². The fourth-order valence-electron chi connectivity index (χ4n) is 3.54. The molecule has 2 aliphatic heterocycles. The molecule has 0 fully saturated rings. The van der Waals surface area contributed by atoms with Crippen LogP contribution in [0, 0.1) is 6.92 Å². The second-order valence-electron chi connectivity index (χ2n) is 7.41. The molecule has 2 heterocycles. The fourth-order valence-corrected chi connectivity index (χ4v) is 4.42. The number of carbonyl (C=O) groups excluding carboxylic acids is 2. The number of benzene rings is 2. The second-order valence-corrected chi connectivity index (χ2v) is 8.35. The van der Waals surface area contributed by atoms with Crippen molar-refractivity contribution in [2.45, 2.75) is 39.3 Å². The maximum Gasteiger partial charge on any atom is 0.270 e. The number of carbonyl (C=O) groups is 2. The maximum absolute atomic E-state index is 12.5. The smallest absolute Gasteiger partial charge is 0.270 e. The molecule has 7 heteroatoms. The number of hydrogen-bond donors (Lipinski definition) is 1. The standard InChI is InChI=1S/C23H24N4O2S/c1-3-6-19-22(29)26-21-17-7-4-5-8-18(17)25-23(27(19)21)30-14-20(28)24-13-16-11-9-15(2)10-12-16/h4-5,7-12,19H,3,6,13-14H2,1-2H3,(H,24,28). The quantitative estimate of drug-likeness (QED) is 0.771. The molecule has 1 unspecified atom stereocenters. The molecule has 1 N–H and O–H groups in total. The van der Waals surface area contributed by atoms with Crippen LogP contribution < -0.4 is 5.32 Å². The molecule has 0 aliphatic carbocycles. The predicted molar refractivity (Wildman–Crippen MR) is 121 cm³/mol. The van der Waals surface area contributed by atoms with Gasteiger partial charge in [-0.2, -0.15) is 4.99 Å². The number of amides is 2. The minimum Gasteiger partial charge on any atom is -0.351 e. The molecule has 30 heavy (non-hydrogen) atoms. The van der Waals surface area contributed by atoms with Crippen molar-refractivity contribution in [3.05, 3.63) is 65.2 Å². The number of amidine groups is 2. The van der Waals surface area contributed by atoms with Crippen molar-refractivity contribution in [2.24, 2.45) is 9.98 Å². The molecule has 6 nitrogen and oxygen atoms in total. The van der Waals surface area contributed by atoms with Crippen molar-refractivity contribution in [1.82, 2.24) is 10.2 Å². The average molecular weight is 421 g/mol. The van der Waals surface area contributed by atoms with E-state index in [2.05, 4.69) is 10.3 Å². The molecular formula is C23H24N4O2S. The van der Waals surface area contributed by atoms with Gasteiger partial charge in [-0.25, -0.2) is 4.99 Å². The Balaban J connectivity index is 1.47. The summed E-state index contributed by atoms with van der Waals surface area (Å²) in [6.45, 7) is 4.57. The third-order valence-corrected chi connectivity index (χ3v) is 6.07. The molecule has 2 aromatic carbocycles. The predicted octanol–water partition coefficient (Wildman–Crippen LogP) is 3.80. The van der Waals surface area contributed by atoms with E-state index in [0.29, 0.717) is 24.0 Å². The third-order valence-electron chi connectivity index (χ3n) is 5.11. The minimum absolute atomic E-state index is 0.0711. The van der Waals surface area contributed by atoms with E-state index in [4.69, 9.17) is 4.99 Å². The van der Waals surface area contributed by atoms with Gasteiger partial charge < -0.3 is 5.32 Å². The van der Waals surface area contributed by atoms with E-state index in [9.17, 15) is 9.59 Å². The average Bonchev–Trinajstić information content (AvgIpc) is 3.08. The molecule has 2 aromatic rings. The van der Waals surface area contributed by atoms with Crippen LogP contribution in [0.4, 0.5) is 5.69 Å². The molecule has 0 saturated carbocycles. The molecule has 1 atom stereocenters. The number of nitrogens with zero attached hydrogens (tertiary/aromatic N) is 3. The molecule has 4 rings (SSSR count). The van der Waals surface area contributed by atoms with E-state index in [0.717, 1.165) is 23.2 Å². The lowest BCUT2D eigenvalue weighted by molar-refractivity contribution is -0.120. The maximum atomic E-state index is 12.5. The number of hydrogen-bond acceptors (Lipinski definition) is 5. The first-order valence-corrected chi connectivity index (χ1v) is 11.1. The lowest BCUT2D eigenvalue weighted by Gasteiger charge is -2.30. The summed E-state index contributed by atoms with van der Waals surface area (Å²) in [7, 11) is 0. The van der Waals surface area contributed by atoms with E-state index >= 15 is 0 Å². The summed E-state index contributed by atoms with van der Waals surface area (Å²) >= 11 is 1.35. The number of aliphatic imine (C=N–C) groups is 2. The van der Waals surface area contributed by atoms with Gasteiger partial charge in [-0.05, 0) is 31.0 Å². The van der Waals surface area contributed by atoms with Gasteiger partial charge in [-0.15, -0.1) is 0 Å². The highest BCUT2D eigenvalue weighted by molar-refractivity contribution is 8.14. The fraction of sp³-hybridized carbons (Fsp3) is 0.304. The molecule has 0 spiro atoms. The number of rotatable bonds is 6. The zero-order valence-corrected chi connectivity index (χ0v) is 17.9. The van der Waals surface area contributed by atoms with Crippen LogP contribution in [0.3, 0.4) is 0 Å². The zero-order valence-electron chi connectivity index (χ0n) is 17.1. The van der Waals surface area contributed by atoms with E-state index < -0.39 is 0 Å². The van der Waals surface area contributed by atoms with Gasteiger partial charge in [0.1, 0.15) is 11.9 Å². The van der Waals surface area contributed by atoms with Gasteiger partial charge in [0.05, 0.1) is 11.4 Å². The first-order chi connectivity index (χ1) is 14.6. The third kappa shape index (κ3) is 4.16. The van der Waals surface area contributed by atoms with Gasteiger partial charge >= 0.3 is 0 Å². The van der Waals surface area contributed by atoms with Gasteiger partial charge in [0.15, 0.2) is 5.17 Å². The first-order valence-electron chi connectivity index (χ1n) is 10.1. The zero-order chi connectivity index (χ0) is 21.1. The van der Waals surface area contributed by atoms with Crippen LogP contribution in [0.1, 0.15) is 36.5 Å². The second kappa shape index (κ2) is 8.83. The summed E-state index contributed by atoms with van der Waals surface area (Å²) in [6, 6.07) is 15.4. The van der Waals surface area contributed by atoms with Gasteiger partial charge in [0.25, 0.3) is 5.91 Å². The molecule has 0 radical (unpaired) electrons. The Morgan fingerprint density at radius 1 is 1.13 bits per heavy atom. The van der Waals surface area contributed by atoms with Crippen molar-refractivity contribution < 1.29 is 9.59 Å². The molecule has 154 valence electrons. The van der Waals surface area contributed by atoms with Gasteiger partial charge in [0, 0.05) is 12.1 Å². The van der Waals surface area contributed by atoms with E-state index in [-0.39, 0.29) is 23.6 Å². The molecule has 2 amide bonds. The van der Waals surface area contributed by atoms with Crippen molar-refractivity contribution in [1.29, 1.82) is 0 Å². The Hall–Kier alpha value is -2.93. The van der Waals surface area contributed by atoms with Crippen LogP contribution in [0.2, 0.25) is 0 Å². The number of para-hydroxylation sites is 1. The number of nitrogens with one attached hydrogen (secondary N) is 1. The monoisotopic (exact) mass is 420 g/mol. The Bertz CT molecular complexity index is 1030. The molecule has 0 saturated heterocycles. The number of aryl methyl sites for hydroxylation is 1. The Kier molecular flexibility index (Phi) is 5.99. The lowest BCUT2D eigenvalue weighted by Crippen LogP contribution is -2.44. The van der Waals surface area contributed by atoms with Gasteiger partial charge in [-0.1, -0.05) is 67.1 Å². The van der Waals surface area contributed by atoms with Crippen molar-refractivity contribution in [3.63, 3.8) is 0 Å².